The van der Waals surface area contributed by atoms with E-state index in [0.29, 0.717) is 33.7 Å². The first kappa shape index (κ1) is 14.9. The number of para-hydroxylation sites is 1. The van der Waals surface area contributed by atoms with Gasteiger partial charge in [-0.15, -0.1) is 0 Å². The van der Waals surface area contributed by atoms with E-state index in [9.17, 15) is 5.21 Å². The zero-order valence-corrected chi connectivity index (χ0v) is 12.7. The molecule has 0 aliphatic carbocycles. The summed E-state index contributed by atoms with van der Waals surface area (Å²) in [5.41, 5.74) is 4.12. The van der Waals surface area contributed by atoms with Gasteiger partial charge in [-0.25, -0.2) is 4.99 Å². The molecule has 0 amide bonds. The average Bonchev–Trinajstić information content (AvgIpc) is 2.60. The number of hydrogen-bond donors (Lipinski definition) is 2. The summed E-state index contributed by atoms with van der Waals surface area (Å²) in [6.45, 7) is 0. The van der Waals surface area contributed by atoms with Gasteiger partial charge in [0.05, 0.1) is 25.6 Å². The van der Waals surface area contributed by atoms with E-state index in [1.165, 1.54) is 7.11 Å². The van der Waals surface area contributed by atoms with Crippen molar-refractivity contribution in [3.8, 4) is 11.5 Å². The first-order chi connectivity index (χ1) is 11.3. The zero-order chi connectivity index (χ0) is 16.2. The Bertz CT molecular complexity index is 888. The number of nitrogens with one attached hydrogen (secondary N) is 1. The predicted molar refractivity (Wildman–Crippen MR) is 86.4 cm³/mol. The van der Waals surface area contributed by atoms with Crippen LogP contribution in [0.25, 0.3) is 11.0 Å². The molecular weight excluding hydrogens is 296 g/mol. The van der Waals surface area contributed by atoms with Crippen LogP contribution in [0.5, 0.6) is 11.5 Å². The third kappa shape index (κ3) is 2.84. The van der Waals surface area contributed by atoms with Crippen LogP contribution in [0.3, 0.4) is 0 Å². The van der Waals surface area contributed by atoms with Crippen LogP contribution in [0.1, 0.15) is 0 Å². The Balaban J connectivity index is 2.31. The summed E-state index contributed by atoms with van der Waals surface area (Å²) in [5.74, 6) is 0.969. The van der Waals surface area contributed by atoms with Crippen molar-refractivity contribution < 1.29 is 19.1 Å². The molecule has 23 heavy (non-hydrogen) atoms. The highest BCUT2D eigenvalue weighted by Gasteiger charge is 2.14. The predicted octanol–water partition coefficient (Wildman–Crippen LogP) is 3.48. The molecule has 0 aliphatic heterocycles. The van der Waals surface area contributed by atoms with Gasteiger partial charge in [0.1, 0.15) is 0 Å². The van der Waals surface area contributed by atoms with Crippen molar-refractivity contribution >= 4 is 22.3 Å². The van der Waals surface area contributed by atoms with Gasteiger partial charge in [0.2, 0.25) is 11.3 Å². The molecule has 3 aromatic rings. The quantitative estimate of drug-likeness (QED) is 0.721. The highest BCUT2D eigenvalue weighted by atomic mass is 16.5. The normalized spacial score (nSPS) is 11.5. The number of nitrogens with zero attached hydrogens (tertiary/aromatic N) is 1. The first-order valence-electron chi connectivity index (χ1n) is 6.95. The average molecular weight is 312 g/mol. The fourth-order valence-corrected chi connectivity index (χ4v) is 2.32. The Morgan fingerprint density at radius 1 is 1.04 bits per heavy atom. The van der Waals surface area contributed by atoms with E-state index in [4.69, 9.17) is 13.9 Å². The van der Waals surface area contributed by atoms with Crippen LogP contribution >= 0.6 is 0 Å². The SMILES string of the molecule is COc1ccc2c(NO)cc(=Nc3ccccc3)oc2c1OC. The van der Waals surface area contributed by atoms with Crippen molar-refractivity contribution in [2.45, 2.75) is 0 Å². The molecule has 1 heterocycles. The summed E-state index contributed by atoms with van der Waals surface area (Å²) in [7, 11) is 3.08. The number of benzene rings is 2. The first-order valence-corrected chi connectivity index (χ1v) is 6.95. The third-order valence-corrected chi connectivity index (χ3v) is 3.38. The molecule has 0 saturated carbocycles. The molecule has 0 saturated heterocycles. The number of rotatable bonds is 4. The van der Waals surface area contributed by atoms with E-state index in [1.54, 1.807) is 25.3 Å². The second-order valence-corrected chi connectivity index (χ2v) is 4.74. The van der Waals surface area contributed by atoms with Gasteiger partial charge < -0.3 is 13.9 Å². The van der Waals surface area contributed by atoms with E-state index in [2.05, 4.69) is 10.5 Å². The maximum atomic E-state index is 9.41. The lowest BCUT2D eigenvalue weighted by Gasteiger charge is -2.11. The summed E-state index contributed by atoms with van der Waals surface area (Å²) in [4.78, 5) is 4.42. The van der Waals surface area contributed by atoms with Gasteiger partial charge in [-0.3, -0.25) is 10.7 Å². The standard InChI is InChI=1S/C17H16N2O4/c1-21-14-9-8-12-13(19-20)10-15(23-16(12)17(14)22-2)18-11-6-4-3-5-7-11/h3-10,19-20H,1-2H3. The van der Waals surface area contributed by atoms with Gasteiger partial charge in [-0.2, -0.15) is 0 Å². The minimum Gasteiger partial charge on any atom is -0.493 e. The highest BCUT2D eigenvalue weighted by molar-refractivity contribution is 5.94. The molecule has 0 bridgehead atoms. The number of ether oxygens (including phenoxy) is 2. The lowest BCUT2D eigenvalue weighted by Crippen LogP contribution is -2.04. The van der Waals surface area contributed by atoms with Crippen molar-refractivity contribution in [2.75, 3.05) is 19.7 Å². The maximum Gasteiger partial charge on any atom is 0.222 e. The summed E-state index contributed by atoms with van der Waals surface area (Å²) in [6, 6.07) is 14.5. The van der Waals surface area contributed by atoms with Gasteiger partial charge in [0.15, 0.2) is 11.3 Å². The Hall–Kier alpha value is -2.99. The minimum atomic E-state index is 0.326. The number of methoxy groups -OCH3 is 2. The van der Waals surface area contributed by atoms with Gasteiger partial charge in [0.25, 0.3) is 0 Å². The highest BCUT2D eigenvalue weighted by Crippen LogP contribution is 2.37. The van der Waals surface area contributed by atoms with Gasteiger partial charge in [-0.1, -0.05) is 18.2 Å². The second-order valence-electron chi connectivity index (χ2n) is 4.74. The molecule has 1 aromatic heterocycles. The molecule has 3 rings (SSSR count). The Morgan fingerprint density at radius 2 is 1.83 bits per heavy atom. The van der Waals surface area contributed by atoms with Gasteiger partial charge in [-0.05, 0) is 24.3 Å². The van der Waals surface area contributed by atoms with Crippen molar-refractivity contribution in [3.63, 3.8) is 0 Å². The molecule has 0 radical (unpaired) electrons. The molecule has 2 N–H and O–H groups in total. The fraction of sp³-hybridized carbons (Fsp3) is 0.118. The van der Waals surface area contributed by atoms with Crippen molar-refractivity contribution in [3.05, 3.63) is 54.1 Å². The summed E-state index contributed by atoms with van der Waals surface area (Å²) in [5, 5.41) is 10.1. The van der Waals surface area contributed by atoms with Crippen LogP contribution in [0, 0.1) is 0 Å². The zero-order valence-electron chi connectivity index (χ0n) is 12.7. The van der Waals surface area contributed by atoms with Gasteiger partial charge in [0, 0.05) is 11.5 Å². The van der Waals surface area contributed by atoms with Crippen molar-refractivity contribution in [2.24, 2.45) is 4.99 Å². The Labute approximate surface area is 132 Å². The Morgan fingerprint density at radius 3 is 2.48 bits per heavy atom. The molecular formula is C17H16N2O4. The van der Waals surface area contributed by atoms with E-state index in [1.807, 2.05) is 30.3 Å². The number of fused-ring (bicyclic) bond motifs is 1. The molecule has 6 heteroatoms. The van der Waals surface area contributed by atoms with E-state index in [0.717, 1.165) is 5.69 Å². The molecule has 118 valence electrons. The van der Waals surface area contributed by atoms with Crippen LogP contribution in [0.2, 0.25) is 0 Å². The molecule has 0 spiro atoms. The topological polar surface area (TPSA) is 76.2 Å². The summed E-state index contributed by atoms with van der Waals surface area (Å²) in [6.07, 6.45) is 0. The van der Waals surface area contributed by atoms with E-state index < -0.39 is 0 Å². The molecule has 6 nitrogen and oxygen atoms in total. The molecule has 2 aromatic carbocycles. The molecule has 0 fully saturated rings. The van der Waals surface area contributed by atoms with Crippen molar-refractivity contribution in [1.29, 1.82) is 0 Å². The lowest BCUT2D eigenvalue weighted by molar-refractivity contribution is 0.351. The summed E-state index contributed by atoms with van der Waals surface area (Å²) < 4.78 is 16.5. The third-order valence-electron chi connectivity index (χ3n) is 3.38. The molecule has 0 aliphatic rings. The van der Waals surface area contributed by atoms with Crippen LogP contribution < -0.4 is 20.5 Å². The molecule has 0 unspecified atom stereocenters. The van der Waals surface area contributed by atoms with E-state index in [-0.39, 0.29) is 0 Å². The smallest absolute Gasteiger partial charge is 0.222 e. The van der Waals surface area contributed by atoms with Crippen LogP contribution in [-0.4, -0.2) is 19.4 Å². The second kappa shape index (κ2) is 6.41. The maximum absolute atomic E-state index is 9.41. The monoisotopic (exact) mass is 312 g/mol. The van der Waals surface area contributed by atoms with Crippen LogP contribution in [0.4, 0.5) is 11.4 Å². The number of hydrogen-bond acceptors (Lipinski definition) is 6. The fourth-order valence-electron chi connectivity index (χ4n) is 2.32. The van der Waals surface area contributed by atoms with Crippen LogP contribution in [0.15, 0.2) is 57.9 Å². The minimum absolute atomic E-state index is 0.326. The summed E-state index contributed by atoms with van der Waals surface area (Å²) >= 11 is 0. The van der Waals surface area contributed by atoms with Crippen molar-refractivity contribution in [1.82, 2.24) is 0 Å². The number of anilines is 1. The van der Waals surface area contributed by atoms with Gasteiger partial charge >= 0.3 is 0 Å². The largest absolute Gasteiger partial charge is 0.493 e. The lowest BCUT2D eigenvalue weighted by atomic mass is 10.2. The Kier molecular flexibility index (Phi) is 4.16. The van der Waals surface area contributed by atoms with E-state index >= 15 is 0 Å². The van der Waals surface area contributed by atoms with Crippen LogP contribution in [-0.2, 0) is 0 Å². The molecule has 0 atom stereocenters.